The monoisotopic (exact) mass is 191 g/mol. The Bertz CT molecular complexity index is 342. The number of ether oxygens (including phenoxy) is 1. The quantitative estimate of drug-likeness (QED) is 0.796. The Kier molecular flexibility index (Phi) is 3.72. The highest BCUT2D eigenvalue weighted by Gasteiger charge is 2.03. The minimum absolute atomic E-state index is 0.558. The molecule has 1 aromatic rings. The molecule has 1 rings (SSSR count). The van der Waals surface area contributed by atoms with Crippen LogP contribution in [0.4, 0.5) is 0 Å². The van der Waals surface area contributed by atoms with Gasteiger partial charge in [0, 0.05) is 12.1 Å². The zero-order valence-corrected chi connectivity index (χ0v) is 9.00. The summed E-state index contributed by atoms with van der Waals surface area (Å²) in [6, 6.07) is 6.14. The summed E-state index contributed by atoms with van der Waals surface area (Å²) in [5.74, 6) is 0.901. The summed E-state index contributed by atoms with van der Waals surface area (Å²) in [6.45, 7) is 4.67. The molecule has 0 amide bonds. The van der Waals surface area contributed by atoms with Gasteiger partial charge in [-0.2, -0.15) is 0 Å². The van der Waals surface area contributed by atoms with E-state index in [4.69, 9.17) is 10.5 Å². The molecule has 0 atom stereocenters. The second kappa shape index (κ2) is 4.82. The average Bonchev–Trinajstić information content (AvgIpc) is 2.18. The van der Waals surface area contributed by atoms with Crippen molar-refractivity contribution in [3.63, 3.8) is 0 Å². The highest BCUT2D eigenvalue weighted by Crippen LogP contribution is 2.26. The van der Waals surface area contributed by atoms with Crippen molar-refractivity contribution in [2.24, 2.45) is 5.73 Å². The van der Waals surface area contributed by atoms with Crippen molar-refractivity contribution in [3.8, 4) is 5.75 Å². The molecule has 0 aliphatic rings. The lowest BCUT2D eigenvalue weighted by Gasteiger charge is -2.09. The van der Waals surface area contributed by atoms with Crippen LogP contribution >= 0.6 is 0 Å². The number of benzene rings is 1. The minimum atomic E-state index is 0.558. The van der Waals surface area contributed by atoms with Gasteiger partial charge < -0.3 is 10.5 Å². The van der Waals surface area contributed by atoms with E-state index in [1.165, 1.54) is 5.56 Å². The standard InChI is InChI=1S/C12H17NO/c1-9-4-5-12(14-3)11(8-9)10(2)6-7-13/h4-6,8H,7,13H2,1-3H3. The maximum Gasteiger partial charge on any atom is 0.126 e. The van der Waals surface area contributed by atoms with Crippen LogP contribution in [0.25, 0.3) is 5.57 Å². The van der Waals surface area contributed by atoms with Crippen molar-refractivity contribution in [3.05, 3.63) is 35.4 Å². The van der Waals surface area contributed by atoms with Crippen LogP contribution < -0.4 is 10.5 Å². The molecular formula is C12H17NO. The first-order chi connectivity index (χ1) is 6.69. The van der Waals surface area contributed by atoms with Crippen molar-refractivity contribution in [2.75, 3.05) is 13.7 Å². The topological polar surface area (TPSA) is 35.2 Å². The summed E-state index contributed by atoms with van der Waals surface area (Å²) in [4.78, 5) is 0. The number of rotatable bonds is 3. The van der Waals surface area contributed by atoms with Crippen molar-refractivity contribution in [2.45, 2.75) is 13.8 Å². The number of hydrogen-bond acceptors (Lipinski definition) is 2. The molecule has 0 aromatic heterocycles. The molecule has 0 bridgehead atoms. The van der Waals surface area contributed by atoms with Gasteiger partial charge in [-0.05, 0) is 31.6 Å². The molecule has 0 aliphatic heterocycles. The summed E-state index contributed by atoms with van der Waals surface area (Å²) in [6.07, 6.45) is 2.00. The van der Waals surface area contributed by atoms with E-state index in [1.54, 1.807) is 7.11 Å². The van der Waals surface area contributed by atoms with Gasteiger partial charge in [0.25, 0.3) is 0 Å². The van der Waals surface area contributed by atoms with Crippen LogP contribution in [-0.4, -0.2) is 13.7 Å². The second-order valence-corrected chi connectivity index (χ2v) is 3.33. The third-order valence-corrected chi connectivity index (χ3v) is 2.20. The zero-order valence-electron chi connectivity index (χ0n) is 9.00. The summed E-state index contributed by atoms with van der Waals surface area (Å²) >= 11 is 0. The molecule has 0 radical (unpaired) electrons. The number of methoxy groups -OCH3 is 1. The first kappa shape index (κ1) is 10.8. The Balaban J connectivity index is 3.16. The van der Waals surface area contributed by atoms with Gasteiger partial charge in [-0.15, -0.1) is 0 Å². The van der Waals surface area contributed by atoms with E-state index >= 15 is 0 Å². The van der Waals surface area contributed by atoms with Crippen LogP contribution in [0.3, 0.4) is 0 Å². The smallest absolute Gasteiger partial charge is 0.126 e. The Hall–Kier alpha value is -1.28. The maximum absolute atomic E-state index is 5.48. The van der Waals surface area contributed by atoms with Gasteiger partial charge in [0.2, 0.25) is 0 Å². The van der Waals surface area contributed by atoms with Crippen LogP contribution in [0.15, 0.2) is 24.3 Å². The predicted octanol–water partition coefficient (Wildman–Crippen LogP) is 2.37. The van der Waals surface area contributed by atoms with Gasteiger partial charge in [-0.25, -0.2) is 0 Å². The summed E-state index contributed by atoms with van der Waals surface area (Å²) in [7, 11) is 1.68. The molecule has 2 heteroatoms. The van der Waals surface area contributed by atoms with Crippen molar-refractivity contribution < 1.29 is 4.74 Å². The molecule has 14 heavy (non-hydrogen) atoms. The third kappa shape index (κ3) is 2.36. The molecule has 0 heterocycles. The average molecular weight is 191 g/mol. The Morgan fingerprint density at radius 1 is 1.50 bits per heavy atom. The lowest BCUT2D eigenvalue weighted by atomic mass is 10.0. The number of nitrogens with two attached hydrogens (primary N) is 1. The predicted molar refractivity (Wildman–Crippen MR) is 60.4 cm³/mol. The minimum Gasteiger partial charge on any atom is -0.496 e. The van der Waals surface area contributed by atoms with Gasteiger partial charge in [-0.3, -0.25) is 0 Å². The van der Waals surface area contributed by atoms with Gasteiger partial charge in [0.05, 0.1) is 7.11 Å². The lowest BCUT2D eigenvalue weighted by Crippen LogP contribution is -1.96. The fourth-order valence-electron chi connectivity index (χ4n) is 1.42. The lowest BCUT2D eigenvalue weighted by molar-refractivity contribution is 0.413. The van der Waals surface area contributed by atoms with Crippen molar-refractivity contribution >= 4 is 5.57 Å². The van der Waals surface area contributed by atoms with Gasteiger partial charge >= 0.3 is 0 Å². The van der Waals surface area contributed by atoms with Gasteiger partial charge in [0.15, 0.2) is 0 Å². The van der Waals surface area contributed by atoms with E-state index in [2.05, 4.69) is 13.0 Å². The Morgan fingerprint density at radius 2 is 2.21 bits per heavy atom. The normalized spacial score (nSPS) is 11.6. The molecule has 0 unspecified atom stereocenters. The SMILES string of the molecule is COc1ccc(C)cc1C(C)=CCN. The van der Waals surface area contributed by atoms with E-state index in [0.29, 0.717) is 6.54 Å². The number of aryl methyl sites for hydroxylation is 1. The molecule has 1 aromatic carbocycles. The summed E-state index contributed by atoms with van der Waals surface area (Å²) < 4.78 is 5.29. The highest BCUT2D eigenvalue weighted by molar-refractivity contribution is 5.69. The van der Waals surface area contributed by atoms with Crippen molar-refractivity contribution in [1.29, 1.82) is 0 Å². The van der Waals surface area contributed by atoms with Crippen LogP contribution in [0, 0.1) is 6.92 Å². The molecule has 2 nitrogen and oxygen atoms in total. The molecule has 0 saturated carbocycles. The second-order valence-electron chi connectivity index (χ2n) is 3.33. The van der Waals surface area contributed by atoms with E-state index in [9.17, 15) is 0 Å². The Labute approximate surface area is 85.4 Å². The summed E-state index contributed by atoms with van der Waals surface area (Å²) in [5, 5.41) is 0. The van der Waals surface area contributed by atoms with Crippen molar-refractivity contribution in [1.82, 2.24) is 0 Å². The molecule has 0 spiro atoms. The van der Waals surface area contributed by atoms with Crippen LogP contribution in [0.5, 0.6) is 5.75 Å². The number of hydrogen-bond donors (Lipinski definition) is 1. The Morgan fingerprint density at radius 3 is 2.79 bits per heavy atom. The van der Waals surface area contributed by atoms with E-state index < -0.39 is 0 Å². The fourth-order valence-corrected chi connectivity index (χ4v) is 1.42. The first-order valence-electron chi connectivity index (χ1n) is 4.71. The molecule has 0 aliphatic carbocycles. The van der Waals surface area contributed by atoms with E-state index in [1.807, 2.05) is 25.1 Å². The zero-order chi connectivity index (χ0) is 10.6. The highest BCUT2D eigenvalue weighted by atomic mass is 16.5. The number of allylic oxidation sites excluding steroid dienone is 1. The maximum atomic E-state index is 5.48. The third-order valence-electron chi connectivity index (χ3n) is 2.20. The molecule has 76 valence electrons. The molecule has 2 N–H and O–H groups in total. The van der Waals surface area contributed by atoms with E-state index in [0.717, 1.165) is 16.9 Å². The first-order valence-corrected chi connectivity index (χ1v) is 4.71. The van der Waals surface area contributed by atoms with E-state index in [-0.39, 0.29) is 0 Å². The molecule has 0 saturated heterocycles. The fraction of sp³-hybridized carbons (Fsp3) is 0.333. The summed E-state index contributed by atoms with van der Waals surface area (Å²) in [5.41, 5.74) is 8.99. The van der Waals surface area contributed by atoms with Gasteiger partial charge in [-0.1, -0.05) is 17.7 Å². The van der Waals surface area contributed by atoms with Crippen LogP contribution in [0.1, 0.15) is 18.1 Å². The van der Waals surface area contributed by atoms with Gasteiger partial charge in [0.1, 0.15) is 5.75 Å². The van der Waals surface area contributed by atoms with Crippen LogP contribution in [-0.2, 0) is 0 Å². The van der Waals surface area contributed by atoms with Crippen LogP contribution in [0.2, 0.25) is 0 Å². The molecule has 0 fully saturated rings. The molecular weight excluding hydrogens is 174 g/mol. The largest absolute Gasteiger partial charge is 0.496 e.